The van der Waals surface area contributed by atoms with E-state index in [1.54, 1.807) is 0 Å². The summed E-state index contributed by atoms with van der Waals surface area (Å²) in [6, 6.07) is 1.82. The number of rotatable bonds is 5. The van der Waals surface area contributed by atoms with E-state index in [4.69, 9.17) is 5.11 Å². The number of hydrogen-bond donors (Lipinski definition) is 2. The maximum atomic E-state index is 11.8. The van der Waals surface area contributed by atoms with Crippen molar-refractivity contribution in [3.63, 3.8) is 0 Å². The van der Waals surface area contributed by atoms with Gasteiger partial charge in [0.2, 0.25) is 0 Å². The number of aliphatic carboxylic acids is 1. The monoisotopic (exact) mass is 232 g/mol. The van der Waals surface area contributed by atoms with Crippen molar-refractivity contribution in [3.8, 4) is 5.75 Å². The average molecular weight is 232 g/mol. The van der Waals surface area contributed by atoms with Crippen molar-refractivity contribution in [3.05, 3.63) is 18.3 Å². The lowest BCUT2D eigenvalue weighted by molar-refractivity contribution is -0.137. The smallest absolute Gasteiger partial charge is 0.387 e. The molecule has 1 aromatic rings. The molecule has 16 heavy (non-hydrogen) atoms. The van der Waals surface area contributed by atoms with Crippen molar-refractivity contribution in [1.82, 2.24) is 4.98 Å². The highest BCUT2D eigenvalue weighted by molar-refractivity contribution is 5.76. The van der Waals surface area contributed by atoms with E-state index in [2.05, 4.69) is 15.0 Å². The number of alkyl halides is 2. The molecule has 1 aromatic heterocycles. The molecule has 0 aliphatic heterocycles. The van der Waals surface area contributed by atoms with Crippen molar-refractivity contribution in [1.29, 1.82) is 0 Å². The van der Waals surface area contributed by atoms with Crippen molar-refractivity contribution in [2.45, 2.75) is 19.6 Å². The first kappa shape index (κ1) is 12.2. The lowest BCUT2D eigenvalue weighted by atomic mass is 10.3. The zero-order valence-electron chi connectivity index (χ0n) is 8.35. The van der Waals surface area contributed by atoms with E-state index in [9.17, 15) is 13.6 Å². The summed E-state index contributed by atoms with van der Waals surface area (Å²) in [5, 5.41) is 11.2. The van der Waals surface area contributed by atoms with Gasteiger partial charge in [-0.25, -0.2) is 4.98 Å². The molecule has 2 N–H and O–H groups in total. The number of carboxylic acid groups (broad SMARTS) is 1. The third-order valence-electron chi connectivity index (χ3n) is 1.70. The molecule has 0 aliphatic carbocycles. The summed E-state index contributed by atoms with van der Waals surface area (Å²) in [5.41, 5.74) is 0. The third kappa shape index (κ3) is 3.68. The zero-order chi connectivity index (χ0) is 12.1. The lowest BCUT2D eigenvalue weighted by Crippen LogP contribution is -2.25. The lowest BCUT2D eigenvalue weighted by Gasteiger charge is -2.10. The molecule has 0 aromatic carbocycles. The second-order valence-electron chi connectivity index (χ2n) is 2.96. The molecule has 5 nitrogen and oxygen atoms in total. The Balaban J connectivity index is 2.61. The van der Waals surface area contributed by atoms with E-state index in [1.807, 2.05) is 0 Å². The molecule has 0 aliphatic rings. The number of anilines is 1. The van der Waals surface area contributed by atoms with E-state index < -0.39 is 18.6 Å². The van der Waals surface area contributed by atoms with Gasteiger partial charge in [-0.15, -0.1) is 0 Å². The van der Waals surface area contributed by atoms with Gasteiger partial charge in [0.15, 0.2) is 0 Å². The van der Waals surface area contributed by atoms with Gasteiger partial charge >= 0.3 is 12.6 Å². The van der Waals surface area contributed by atoms with Crippen molar-refractivity contribution in [2.75, 3.05) is 5.32 Å². The second kappa shape index (κ2) is 5.24. The maximum Gasteiger partial charge on any atom is 0.387 e. The number of carbonyl (C=O) groups is 1. The Labute approximate surface area is 90.1 Å². The topological polar surface area (TPSA) is 71.5 Å². The summed E-state index contributed by atoms with van der Waals surface area (Å²) < 4.78 is 27.7. The standard InChI is InChI=1S/C9H10F2N2O3/c1-5(8(14)15)13-7-3-2-6(4-12-7)16-9(10)11/h2-5,9H,1H3,(H,12,13)(H,14,15)/t5-/m1/s1. The van der Waals surface area contributed by atoms with Gasteiger partial charge in [0, 0.05) is 0 Å². The highest BCUT2D eigenvalue weighted by Crippen LogP contribution is 2.15. The molecular formula is C9H10F2N2O3. The number of nitrogens with zero attached hydrogens (tertiary/aromatic N) is 1. The largest absolute Gasteiger partial charge is 0.480 e. The summed E-state index contributed by atoms with van der Waals surface area (Å²) in [5.74, 6) is -0.838. The van der Waals surface area contributed by atoms with Crippen molar-refractivity contribution < 1.29 is 23.4 Å². The molecule has 88 valence electrons. The van der Waals surface area contributed by atoms with Crippen LogP contribution >= 0.6 is 0 Å². The predicted octanol–water partition coefficient (Wildman–Crippen LogP) is 1.57. The van der Waals surface area contributed by atoms with Gasteiger partial charge in [-0.1, -0.05) is 0 Å². The van der Waals surface area contributed by atoms with E-state index in [1.165, 1.54) is 19.1 Å². The van der Waals surface area contributed by atoms with Crippen molar-refractivity contribution in [2.24, 2.45) is 0 Å². The minimum atomic E-state index is -2.90. The first-order valence-electron chi connectivity index (χ1n) is 4.39. The molecule has 0 saturated carbocycles. The van der Waals surface area contributed by atoms with Crippen LogP contribution in [0.1, 0.15) is 6.92 Å². The molecule has 0 spiro atoms. The van der Waals surface area contributed by atoms with Crippen LogP contribution in [0.5, 0.6) is 5.75 Å². The predicted molar refractivity (Wildman–Crippen MR) is 51.6 cm³/mol. The highest BCUT2D eigenvalue weighted by Gasteiger charge is 2.11. The van der Waals surface area contributed by atoms with Gasteiger partial charge in [-0.3, -0.25) is 4.79 Å². The van der Waals surface area contributed by atoms with Gasteiger partial charge in [0.05, 0.1) is 6.20 Å². The van der Waals surface area contributed by atoms with Crippen LogP contribution in [-0.2, 0) is 4.79 Å². The van der Waals surface area contributed by atoms with Gasteiger partial charge < -0.3 is 15.2 Å². The first-order valence-corrected chi connectivity index (χ1v) is 4.39. The van der Waals surface area contributed by atoms with Crippen LogP contribution in [0, 0.1) is 0 Å². The first-order chi connectivity index (χ1) is 7.49. The van der Waals surface area contributed by atoms with Gasteiger partial charge in [0.1, 0.15) is 17.6 Å². The van der Waals surface area contributed by atoms with E-state index in [-0.39, 0.29) is 11.6 Å². The van der Waals surface area contributed by atoms with E-state index >= 15 is 0 Å². The second-order valence-corrected chi connectivity index (χ2v) is 2.96. The number of hydrogen-bond acceptors (Lipinski definition) is 4. The molecule has 1 atom stereocenters. The Morgan fingerprint density at radius 1 is 1.56 bits per heavy atom. The third-order valence-corrected chi connectivity index (χ3v) is 1.70. The SMILES string of the molecule is C[C@@H](Nc1ccc(OC(F)F)cn1)C(=O)O. The zero-order valence-corrected chi connectivity index (χ0v) is 8.35. The molecular weight excluding hydrogens is 222 g/mol. The minimum absolute atomic E-state index is 0.0801. The number of nitrogens with one attached hydrogen (secondary N) is 1. The summed E-state index contributed by atoms with van der Waals surface area (Å²) in [4.78, 5) is 14.2. The van der Waals surface area contributed by atoms with Crippen LogP contribution in [0.15, 0.2) is 18.3 Å². The summed E-state index contributed by atoms with van der Waals surface area (Å²) in [6.07, 6.45) is 1.09. The number of halogens is 2. The Bertz CT molecular complexity index is 356. The number of pyridine rings is 1. The molecule has 0 amide bonds. The Hall–Kier alpha value is -1.92. The van der Waals surface area contributed by atoms with Crippen LogP contribution in [0.2, 0.25) is 0 Å². The van der Waals surface area contributed by atoms with Gasteiger partial charge in [-0.05, 0) is 19.1 Å². The molecule has 7 heteroatoms. The van der Waals surface area contributed by atoms with Gasteiger partial charge in [-0.2, -0.15) is 8.78 Å². The van der Waals surface area contributed by atoms with Crippen molar-refractivity contribution >= 4 is 11.8 Å². The molecule has 0 bridgehead atoms. The molecule has 0 unspecified atom stereocenters. The summed E-state index contributed by atoms with van der Waals surface area (Å²) in [6.45, 7) is -1.47. The fourth-order valence-electron chi connectivity index (χ4n) is 0.922. The molecule has 0 saturated heterocycles. The minimum Gasteiger partial charge on any atom is -0.480 e. The normalized spacial score (nSPS) is 12.2. The van der Waals surface area contributed by atoms with Crippen LogP contribution in [0.3, 0.4) is 0 Å². The van der Waals surface area contributed by atoms with Gasteiger partial charge in [0.25, 0.3) is 0 Å². The molecule has 0 radical (unpaired) electrons. The van der Waals surface area contributed by atoms with Crippen LogP contribution in [0.25, 0.3) is 0 Å². The molecule has 0 fully saturated rings. The molecule has 1 rings (SSSR count). The Morgan fingerprint density at radius 2 is 2.25 bits per heavy atom. The maximum absolute atomic E-state index is 11.8. The van der Waals surface area contributed by atoms with E-state index in [0.717, 1.165) is 6.20 Å². The fraction of sp³-hybridized carbons (Fsp3) is 0.333. The van der Waals surface area contributed by atoms with Crippen LogP contribution in [0.4, 0.5) is 14.6 Å². The quantitative estimate of drug-likeness (QED) is 0.806. The number of aromatic nitrogens is 1. The van der Waals surface area contributed by atoms with E-state index in [0.29, 0.717) is 0 Å². The summed E-state index contributed by atoms with van der Waals surface area (Å²) >= 11 is 0. The molecule has 1 heterocycles. The Kier molecular flexibility index (Phi) is 3.98. The summed E-state index contributed by atoms with van der Waals surface area (Å²) in [7, 11) is 0. The number of ether oxygens (including phenoxy) is 1. The fourth-order valence-corrected chi connectivity index (χ4v) is 0.922. The van der Waals surface area contributed by atoms with Crippen LogP contribution < -0.4 is 10.1 Å². The highest BCUT2D eigenvalue weighted by atomic mass is 19.3. The number of carboxylic acids is 1. The van der Waals surface area contributed by atoms with Crippen LogP contribution in [-0.4, -0.2) is 28.7 Å². The average Bonchev–Trinajstić information content (AvgIpc) is 2.20. The Morgan fingerprint density at radius 3 is 2.69 bits per heavy atom.